The largest absolute Gasteiger partial charge is 0.456 e. The fraction of sp³-hybridized carbons (Fsp3) is 0.217. The monoisotopic (exact) mass is 425 g/mol. The number of nitrogens with one attached hydrogen (secondary N) is 1. The predicted octanol–water partition coefficient (Wildman–Crippen LogP) is 3.75. The zero-order chi connectivity index (χ0) is 21.6. The Kier molecular flexibility index (Phi) is 6.84. The normalized spacial score (nSPS) is 11.2. The van der Waals surface area contributed by atoms with Gasteiger partial charge in [-0.15, -0.1) is 0 Å². The van der Waals surface area contributed by atoms with Gasteiger partial charge >= 0.3 is 5.97 Å². The highest BCUT2D eigenvalue weighted by Gasteiger charge is 2.18. The van der Waals surface area contributed by atoms with Crippen LogP contribution in [0.4, 0.5) is 5.69 Å². The van der Waals surface area contributed by atoms with Crippen LogP contribution in [0.1, 0.15) is 18.9 Å². The molecule has 0 atom stereocenters. The van der Waals surface area contributed by atoms with Crippen molar-refractivity contribution in [3.05, 3.63) is 72.3 Å². The number of sulfone groups is 1. The molecule has 30 heavy (non-hydrogen) atoms. The molecule has 0 unspecified atom stereocenters. The van der Waals surface area contributed by atoms with E-state index in [-0.39, 0.29) is 17.1 Å². The van der Waals surface area contributed by atoms with Gasteiger partial charge in [-0.1, -0.05) is 49.4 Å². The summed E-state index contributed by atoms with van der Waals surface area (Å²) in [6.07, 6.45) is 0.571. The molecule has 1 N–H and O–H groups in total. The first-order valence-electron chi connectivity index (χ1n) is 9.63. The third-order valence-electron chi connectivity index (χ3n) is 4.67. The van der Waals surface area contributed by atoms with Gasteiger partial charge in [-0.05, 0) is 47.0 Å². The minimum Gasteiger partial charge on any atom is -0.456 e. The molecule has 0 aliphatic carbocycles. The molecule has 0 saturated heterocycles. The van der Waals surface area contributed by atoms with Crippen LogP contribution >= 0.6 is 0 Å². The summed E-state index contributed by atoms with van der Waals surface area (Å²) in [5, 5.41) is 4.38. The third kappa shape index (κ3) is 5.67. The molecule has 3 rings (SSSR count). The van der Waals surface area contributed by atoms with E-state index < -0.39 is 28.3 Å². The second kappa shape index (κ2) is 9.54. The van der Waals surface area contributed by atoms with Gasteiger partial charge in [-0.3, -0.25) is 9.59 Å². The minimum absolute atomic E-state index is 0.155. The second-order valence-electron chi connectivity index (χ2n) is 6.84. The van der Waals surface area contributed by atoms with E-state index in [1.54, 1.807) is 24.3 Å². The number of fused-ring (bicyclic) bond motifs is 1. The van der Waals surface area contributed by atoms with Crippen molar-refractivity contribution in [3.63, 3.8) is 0 Å². The molecule has 0 aliphatic heterocycles. The second-order valence-corrected chi connectivity index (χ2v) is 8.95. The highest BCUT2D eigenvalue weighted by Crippen LogP contribution is 2.20. The molecule has 1 amide bonds. The molecule has 3 aromatic rings. The molecule has 156 valence electrons. The number of rotatable bonds is 8. The summed E-state index contributed by atoms with van der Waals surface area (Å²) in [5.41, 5.74) is 1.75. The lowest BCUT2D eigenvalue weighted by Crippen LogP contribution is -2.22. The molecule has 0 radical (unpaired) electrons. The van der Waals surface area contributed by atoms with Crippen LogP contribution in [-0.2, 0) is 30.6 Å². The Bertz CT molecular complexity index is 1150. The Balaban J connectivity index is 1.49. The summed E-state index contributed by atoms with van der Waals surface area (Å²) in [5.74, 6) is -1.61. The van der Waals surface area contributed by atoms with Gasteiger partial charge in [0.25, 0.3) is 5.91 Å². The predicted molar refractivity (Wildman–Crippen MR) is 116 cm³/mol. The van der Waals surface area contributed by atoms with E-state index >= 15 is 0 Å². The zero-order valence-corrected chi connectivity index (χ0v) is 17.4. The van der Waals surface area contributed by atoms with Gasteiger partial charge in [0, 0.05) is 5.69 Å². The number of carbonyl (C=O) groups is 2. The summed E-state index contributed by atoms with van der Waals surface area (Å²) in [6.45, 7) is 1.57. The number of hydrogen-bond donors (Lipinski definition) is 1. The third-order valence-corrected chi connectivity index (χ3v) is 6.38. The number of hydrogen-bond acceptors (Lipinski definition) is 5. The van der Waals surface area contributed by atoms with Crippen molar-refractivity contribution >= 4 is 38.2 Å². The smallest absolute Gasteiger partial charge is 0.307 e. The maximum absolute atomic E-state index is 12.5. The SMILES string of the molecule is CCc1ccc(NC(=O)COC(=O)CCS(=O)(=O)c2ccc3ccccc3c2)cc1. The quantitative estimate of drug-likeness (QED) is 0.555. The summed E-state index contributed by atoms with van der Waals surface area (Å²) in [4.78, 5) is 24.0. The molecule has 0 saturated carbocycles. The molecule has 0 bridgehead atoms. The van der Waals surface area contributed by atoms with Crippen molar-refractivity contribution in [2.24, 2.45) is 0 Å². The summed E-state index contributed by atoms with van der Waals surface area (Å²) in [7, 11) is -3.64. The van der Waals surface area contributed by atoms with Gasteiger partial charge in [0.05, 0.1) is 17.1 Å². The lowest BCUT2D eigenvalue weighted by molar-refractivity contribution is -0.146. The zero-order valence-electron chi connectivity index (χ0n) is 16.6. The number of aryl methyl sites for hydroxylation is 1. The van der Waals surface area contributed by atoms with Gasteiger partial charge in [0.1, 0.15) is 0 Å². The van der Waals surface area contributed by atoms with Crippen molar-refractivity contribution in [3.8, 4) is 0 Å². The summed E-state index contributed by atoms with van der Waals surface area (Å²) in [6, 6.07) is 19.6. The van der Waals surface area contributed by atoms with Crippen LogP contribution in [0.2, 0.25) is 0 Å². The number of carbonyl (C=O) groups excluding carboxylic acids is 2. The minimum atomic E-state index is -3.64. The molecule has 7 heteroatoms. The van der Waals surface area contributed by atoms with Crippen molar-refractivity contribution < 1.29 is 22.7 Å². The lowest BCUT2D eigenvalue weighted by atomic mass is 10.1. The molecular weight excluding hydrogens is 402 g/mol. The maximum Gasteiger partial charge on any atom is 0.307 e. The molecular formula is C23H23NO5S. The Hall–Kier alpha value is -3.19. The number of esters is 1. The van der Waals surface area contributed by atoms with Crippen LogP contribution in [0.15, 0.2) is 71.6 Å². The average Bonchev–Trinajstić information content (AvgIpc) is 2.76. The number of ether oxygens (including phenoxy) is 1. The van der Waals surface area contributed by atoms with Gasteiger partial charge in [-0.25, -0.2) is 8.42 Å². The van der Waals surface area contributed by atoms with E-state index in [2.05, 4.69) is 5.32 Å². The van der Waals surface area contributed by atoms with Crippen LogP contribution in [0.25, 0.3) is 10.8 Å². The maximum atomic E-state index is 12.5. The first kappa shape index (κ1) is 21.5. The topological polar surface area (TPSA) is 89.5 Å². The van der Waals surface area contributed by atoms with Crippen LogP contribution in [-0.4, -0.2) is 32.7 Å². The van der Waals surface area contributed by atoms with Crippen LogP contribution in [0, 0.1) is 0 Å². The van der Waals surface area contributed by atoms with Gasteiger partial charge in [0.2, 0.25) is 0 Å². The van der Waals surface area contributed by atoms with Gasteiger partial charge < -0.3 is 10.1 Å². The molecule has 0 fully saturated rings. The number of benzene rings is 3. The Morgan fingerprint density at radius 1 is 0.933 bits per heavy atom. The first-order chi connectivity index (χ1) is 14.4. The Labute approximate surface area is 175 Å². The highest BCUT2D eigenvalue weighted by molar-refractivity contribution is 7.91. The number of anilines is 1. The molecule has 0 heterocycles. The highest BCUT2D eigenvalue weighted by atomic mass is 32.2. The Morgan fingerprint density at radius 2 is 1.63 bits per heavy atom. The van der Waals surface area contributed by atoms with Gasteiger partial charge in [0.15, 0.2) is 16.4 Å². The molecule has 0 aliphatic rings. The molecule has 3 aromatic carbocycles. The fourth-order valence-electron chi connectivity index (χ4n) is 2.94. The van der Waals surface area contributed by atoms with E-state index in [0.717, 1.165) is 22.8 Å². The summed E-state index contributed by atoms with van der Waals surface area (Å²) < 4.78 is 30.0. The summed E-state index contributed by atoms with van der Waals surface area (Å²) >= 11 is 0. The van der Waals surface area contributed by atoms with E-state index in [4.69, 9.17) is 4.74 Å². The Morgan fingerprint density at radius 3 is 2.33 bits per heavy atom. The van der Waals surface area contributed by atoms with Crippen LogP contribution in [0.5, 0.6) is 0 Å². The van der Waals surface area contributed by atoms with E-state index in [0.29, 0.717) is 5.69 Å². The lowest BCUT2D eigenvalue weighted by Gasteiger charge is -2.08. The van der Waals surface area contributed by atoms with Crippen molar-refractivity contribution in [2.75, 3.05) is 17.7 Å². The molecule has 0 aromatic heterocycles. The van der Waals surface area contributed by atoms with Crippen molar-refractivity contribution in [1.82, 2.24) is 0 Å². The van der Waals surface area contributed by atoms with E-state index in [1.165, 1.54) is 6.07 Å². The van der Waals surface area contributed by atoms with E-state index in [9.17, 15) is 18.0 Å². The standard InChI is InChI=1S/C23H23NO5S/c1-2-17-7-10-20(11-8-17)24-22(25)16-29-23(26)13-14-30(27,28)21-12-9-18-5-3-4-6-19(18)15-21/h3-12,15H,2,13-14,16H2,1H3,(H,24,25). The van der Waals surface area contributed by atoms with E-state index in [1.807, 2.05) is 43.3 Å². The first-order valence-corrected chi connectivity index (χ1v) is 11.3. The van der Waals surface area contributed by atoms with Crippen LogP contribution in [0.3, 0.4) is 0 Å². The average molecular weight is 426 g/mol. The molecule has 0 spiro atoms. The number of amides is 1. The van der Waals surface area contributed by atoms with Crippen LogP contribution < -0.4 is 5.32 Å². The van der Waals surface area contributed by atoms with Gasteiger partial charge in [-0.2, -0.15) is 0 Å². The molecule has 6 nitrogen and oxygen atoms in total. The van der Waals surface area contributed by atoms with Crippen molar-refractivity contribution in [2.45, 2.75) is 24.7 Å². The fourth-order valence-corrected chi connectivity index (χ4v) is 4.19. The van der Waals surface area contributed by atoms with Crippen molar-refractivity contribution in [1.29, 1.82) is 0 Å².